The molecule has 4 aromatic rings. The fourth-order valence-electron chi connectivity index (χ4n) is 3.46. The summed E-state index contributed by atoms with van der Waals surface area (Å²) in [6.45, 7) is 3.58. The first kappa shape index (κ1) is 49.6. The number of hydrogen-bond acceptors (Lipinski definition) is 11. The van der Waals surface area contributed by atoms with E-state index < -0.39 is 81.7 Å². The summed E-state index contributed by atoms with van der Waals surface area (Å²) in [6.07, 6.45) is -4.56. The molecule has 282 valence electrons. The Morgan fingerprint density at radius 1 is 0.736 bits per heavy atom. The maximum Gasteiger partial charge on any atom is 0.418 e. The van der Waals surface area contributed by atoms with Crippen molar-refractivity contribution in [2.24, 2.45) is 0 Å². The van der Waals surface area contributed by atoms with Gasteiger partial charge >= 0.3 is 23.7 Å². The van der Waals surface area contributed by atoms with Gasteiger partial charge in [-0.25, -0.2) is 4.98 Å². The third-order valence-corrected chi connectivity index (χ3v) is 6.82. The number of nitrogens with one attached hydrogen (secondary N) is 1. The molecular formula is C26H13Cl4F6N7O8UW-2. The second-order valence-corrected chi connectivity index (χ2v) is 10.9. The number of halogens is 10. The van der Waals surface area contributed by atoms with Gasteiger partial charge in [-0.15, -0.1) is 23.2 Å². The molecule has 0 radical (unpaired) electrons. The number of benzene rings is 2. The van der Waals surface area contributed by atoms with Crippen molar-refractivity contribution < 1.29 is 98.2 Å². The van der Waals surface area contributed by atoms with Crippen molar-refractivity contribution in [1.82, 2.24) is 9.97 Å². The molecule has 0 aliphatic heterocycles. The molecule has 2 aromatic heterocycles. The smallest absolute Gasteiger partial charge is 0.393 e. The fourth-order valence-corrected chi connectivity index (χ4v) is 4.55. The minimum atomic E-state index is -5.13. The Morgan fingerprint density at radius 3 is 1.66 bits per heavy atom. The van der Waals surface area contributed by atoms with E-state index in [-0.39, 0.29) is 75.2 Å². The Bertz CT molecular complexity index is 2020. The summed E-state index contributed by atoms with van der Waals surface area (Å²) in [5.74, 6) is -0.223. The molecule has 0 saturated carbocycles. The molecule has 0 fully saturated rings. The van der Waals surface area contributed by atoms with Crippen molar-refractivity contribution in [3.63, 3.8) is 0 Å². The first-order valence-electron chi connectivity index (χ1n) is 12.6. The van der Waals surface area contributed by atoms with Gasteiger partial charge in [-0.2, -0.15) is 37.9 Å². The summed E-state index contributed by atoms with van der Waals surface area (Å²) >= 11 is 22.1. The summed E-state index contributed by atoms with van der Waals surface area (Å²) in [5.41, 5.74) is -7.50. The number of nitro groups is 4. The van der Waals surface area contributed by atoms with Crippen LogP contribution >= 0.6 is 46.4 Å². The molecule has 0 atom stereocenters. The number of aromatic nitrogens is 2. The van der Waals surface area contributed by atoms with Crippen LogP contribution in [0.3, 0.4) is 0 Å². The van der Waals surface area contributed by atoms with E-state index in [0.717, 1.165) is 5.56 Å². The van der Waals surface area contributed by atoms with Gasteiger partial charge in [0.1, 0.15) is 10.8 Å². The van der Waals surface area contributed by atoms with Gasteiger partial charge in [-0.3, -0.25) is 40.5 Å². The standard InChI is InChI=1S/C13H7Cl2F3N4O4.C7HClF3N2O4.C6H5ClN.U.W/c1-5-2-7(14)12(19-4-5)20-10-8(21(23)24)3-6(13(16,17)18)9(15)11(10)22(25)26;8-6-4(7(9,10)11)1-3(12(14)15)2-5(6)13(16)17;1-5-2-6(7)4-8-3-5;;/h2-4H,1H3,(H,19,20);1H;2-3H,1H3;;/q;2*-1;;. The third-order valence-electron chi connectivity index (χ3n) is 5.57. The van der Waals surface area contributed by atoms with E-state index >= 15 is 0 Å². The number of non-ortho nitro benzene ring substituents is 1. The van der Waals surface area contributed by atoms with Crippen LogP contribution in [0.1, 0.15) is 22.3 Å². The number of alkyl halides is 6. The zero-order valence-electron chi connectivity index (χ0n) is 25.6. The van der Waals surface area contributed by atoms with Crippen molar-refractivity contribution in [2.45, 2.75) is 26.2 Å². The Kier molecular flexibility index (Phi) is 19.0. The first-order chi connectivity index (χ1) is 23.4. The average molecular weight is 1230 g/mol. The summed E-state index contributed by atoms with van der Waals surface area (Å²) in [6, 6.07) is 5.01. The van der Waals surface area contributed by atoms with Crippen LogP contribution in [0, 0.1) is 97.7 Å². The molecule has 15 nitrogen and oxygen atoms in total. The molecular weight excluding hydrogens is 1220 g/mol. The van der Waals surface area contributed by atoms with E-state index in [9.17, 15) is 66.8 Å². The molecule has 0 saturated heterocycles. The predicted octanol–water partition coefficient (Wildman–Crippen LogP) is 10.1. The van der Waals surface area contributed by atoms with Gasteiger partial charge in [0.05, 0.1) is 20.4 Å². The summed E-state index contributed by atoms with van der Waals surface area (Å²) in [7, 11) is 0. The van der Waals surface area contributed by atoms with Gasteiger partial charge in [0.2, 0.25) is 0 Å². The van der Waals surface area contributed by atoms with Gasteiger partial charge < -0.3 is 10.3 Å². The van der Waals surface area contributed by atoms with Crippen molar-refractivity contribution in [2.75, 3.05) is 5.32 Å². The summed E-state index contributed by atoms with van der Waals surface area (Å²) in [4.78, 5) is 45.7. The maximum atomic E-state index is 13.0. The second-order valence-electron chi connectivity index (χ2n) is 9.31. The Balaban J connectivity index is 0.000000858. The Morgan fingerprint density at radius 2 is 1.26 bits per heavy atom. The molecule has 1 N–H and O–H groups in total. The van der Waals surface area contributed by atoms with E-state index in [2.05, 4.69) is 21.5 Å². The van der Waals surface area contributed by atoms with Crippen LogP contribution < -0.4 is 5.32 Å². The first-order valence-corrected chi connectivity index (χ1v) is 14.1. The minimum Gasteiger partial charge on any atom is -0.393 e. The molecule has 0 bridgehead atoms. The van der Waals surface area contributed by atoms with E-state index in [1.54, 1.807) is 19.2 Å². The van der Waals surface area contributed by atoms with E-state index in [4.69, 9.17) is 46.4 Å². The van der Waals surface area contributed by atoms with Crippen LogP contribution in [0.25, 0.3) is 0 Å². The van der Waals surface area contributed by atoms with Crippen LogP contribution in [0.5, 0.6) is 0 Å². The van der Waals surface area contributed by atoms with E-state index in [1.807, 2.05) is 13.0 Å². The quantitative estimate of drug-likeness (QED) is 0.0831. The number of hydrogen-bond donors (Lipinski definition) is 1. The molecule has 53 heavy (non-hydrogen) atoms. The van der Waals surface area contributed by atoms with Gasteiger partial charge in [-0.05, 0) is 30.2 Å². The summed E-state index contributed by atoms with van der Waals surface area (Å²) in [5, 5.41) is 43.4. The predicted molar refractivity (Wildman–Crippen MR) is 168 cm³/mol. The maximum absolute atomic E-state index is 13.0. The van der Waals surface area contributed by atoms with Gasteiger partial charge in [0, 0.05) is 79.3 Å². The van der Waals surface area contributed by atoms with Crippen molar-refractivity contribution in [1.29, 1.82) is 0 Å². The molecule has 0 aliphatic carbocycles. The monoisotopic (exact) mass is 1230 g/mol. The third kappa shape index (κ3) is 13.8. The molecule has 0 aliphatic rings. The Hall–Kier alpha value is -3.38. The molecule has 0 unspecified atom stereocenters. The number of aryl methyl sites for hydroxylation is 2. The van der Waals surface area contributed by atoms with Crippen molar-refractivity contribution in [3.8, 4) is 0 Å². The number of pyridine rings is 2. The van der Waals surface area contributed by atoms with Crippen LogP contribution in [0.4, 0.5) is 60.6 Å². The molecule has 0 spiro atoms. The van der Waals surface area contributed by atoms with Crippen molar-refractivity contribution in [3.05, 3.63) is 132 Å². The number of nitro benzene ring substituents is 4. The zero-order valence-corrected chi connectivity index (χ0v) is 35.7. The van der Waals surface area contributed by atoms with Crippen molar-refractivity contribution >= 4 is 80.7 Å². The molecule has 2 heterocycles. The molecule has 0 amide bonds. The topological polar surface area (TPSA) is 210 Å². The number of anilines is 2. The van der Waals surface area contributed by atoms with Gasteiger partial charge in [-0.1, -0.05) is 53.6 Å². The second kappa shape index (κ2) is 20.3. The Labute approximate surface area is 349 Å². The molecule has 27 heteroatoms. The van der Waals surface area contributed by atoms with Crippen LogP contribution in [-0.4, -0.2) is 29.7 Å². The zero-order chi connectivity index (χ0) is 39.2. The largest absolute Gasteiger partial charge is 0.418 e. The number of nitrogens with zero attached hydrogens (tertiary/aromatic N) is 6. The average Bonchev–Trinajstić information content (AvgIpc) is 2.97. The molecule has 4 rings (SSSR count). The van der Waals surface area contributed by atoms with Crippen LogP contribution in [-0.2, 0) is 33.4 Å². The number of rotatable bonds is 6. The minimum absolute atomic E-state index is 0. The molecule has 2 aromatic carbocycles. The summed E-state index contributed by atoms with van der Waals surface area (Å²) < 4.78 is 76.2. The SMILES string of the molecule is Cc1cn[c-]c(Cl)c1.Cc1cnc(Nc2c([N+](=O)[O-])cc(C(F)(F)F)c(Cl)c2[N+](=O)[O-])c(Cl)c1.O=[N+]([O-])c1[c-]c([N+](=O)[O-])c(Cl)c(C(F)(F)F)c1.[U].[W]. The fraction of sp³-hybridized carbons (Fsp3) is 0.154. The van der Waals surface area contributed by atoms with Crippen LogP contribution in [0.2, 0.25) is 20.1 Å². The van der Waals surface area contributed by atoms with E-state index in [1.165, 1.54) is 12.3 Å². The van der Waals surface area contributed by atoms with E-state index in [0.29, 0.717) is 10.6 Å². The van der Waals surface area contributed by atoms with Crippen LogP contribution in [0.15, 0.2) is 36.7 Å². The normalized spacial score (nSPS) is 10.6. The van der Waals surface area contributed by atoms with Gasteiger partial charge in [0.15, 0.2) is 17.1 Å². The van der Waals surface area contributed by atoms with Gasteiger partial charge in [0.25, 0.3) is 0 Å².